The molecule has 1 aliphatic carbocycles. The summed E-state index contributed by atoms with van der Waals surface area (Å²) in [5, 5.41) is 3.95. The highest BCUT2D eigenvalue weighted by Gasteiger charge is 2.45. The molecule has 3 rings (SSSR count). The molecule has 0 radical (unpaired) electrons. The largest absolute Gasteiger partial charge is 0.338 e. The minimum atomic E-state index is -0.237. The van der Waals surface area contributed by atoms with E-state index in [4.69, 9.17) is 4.84 Å². The molecule has 0 aliphatic heterocycles. The molecule has 2 aromatic carbocycles. The Balaban J connectivity index is 1.59. The third-order valence-corrected chi connectivity index (χ3v) is 3.79. The lowest BCUT2D eigenvalue weighted by Crippen LogP contribution is -2.06. The first-order chi connectivity index (χ1) is 10.3. The zero-order valence-corrected chi connectivity index (χ0v) is 11.9. The van der Waals surface area contributed by atoms with E-state index in [1.165, 1.54) is 5.56 Å². The molecule has 3 nitrogen and oxygen atoms in total. The number of rotatable bonds is 4. The average Bonchev–Trinajstić information content (AvgIpc) is 3.35. The van der Waals surface area contributed by atoms with Crippen molar-refractivity contribution in [1.82, 2.24) is 0 Å². The number of carbonyl (C=O) groups is 1. The van der Waals surface area contributed by atoms with Gasteiger partial charge in [-0.2, -0.15) is 0 Å². The predicted octanol–water partition coefficient (Wildman–Crippen LogP) is 3.76. The van der Waals surface area contributed by atoms with Crippen LogP contribution in [0.1, 0.15) is 30.4 Å². The van der Waals surface area contributed by atoms with E-state index in [2.05, 4.69) is 17.3 Å². The summed E-state index contributed by atoms with van der Waals surface area (Å²) < 4.78 is 0. The van der Waals surface area contributed by atoms with E-state index >= 15 is 0 Å². The molecule has 2 aromatic rings. The van der Waals surface area contributed by atoms with Crippen molar-refractivity contribution in [3.8, 4) is 0 Å². The van der Waals surface area contributed by atoms with Crippen LogP contribution in [-0.2, 0) is 9.63 Å². The lowest BCUT2D eigenvalue weighted by molar-refractivity contribution is -0.145. The second-order valence-electron chi connectivity index (χ2n) is 5.31. The fraction of sp³-hybridized carbons (Fsp3) is 0.222. The van der Waals surface area contributed by atoms with Crippen LogP contribution in [0.3, 0.4) is 0 Å². The zero-order chi connectivity index (χ0) is 14.7. The Bertz CT molecular complexity index is 649. The standard InChI is InChI=1S/C18H17NO2/c1-13(14-8-4-2-5-9-14)19-21-18(20)17-12-16(17)15-10-6-3-7-11-15/h2-11,16-17H,12H2,1H3/b19-13+/t16-,17-/m1/s1. The molecule has 1 aliphatic rings. The Labute approximate surface area is 124 Å². The predicted molar refractivity (Wildman–Crippen MR) is 82.0 cm³/mol. The van der Waals surface area contributed by atoms with Gasteiger partial charge in [-0.25, -0.2) is 4.79 Å². The van der Waals surface area contributed by atoms with Crippen molar-refractivity contribution < 1.29 is 9.63 Å². The number of hydrogen-bond acceptors (Lipinski definition) is 3. The smallest absolute Gasteiger partial charge is 0.318 e. The van der Waals surface area contributed by atoms with Crippen LogP contribution in [0.2, 0.25) is 0 Å². The van der Waals surface area contributed by atoms with Crippen LogP contribution < -0.4 is 0 Å². The first-order valence-electron chi connectivity index (χ1n) is 7.11. The highest BCUT2D eigenvalue weighted by atomic mass is 16.7. The maximum absolute atomic E-state index is 12.0. The van der Waals surface area contributed by atoms with Gasteiger partial charge in [0.1, 0.15) is 0 Å². The van der Waals surface area contributed by atoms with Crippen molar-refractivity contribution >= 4 is 11.7 Å². The quantitative estimate of drug-likeness (QED) is 0.485. The van der Waals surface area contributed by atoms with Gasteiger partial charge in [0.05, 0.1) is 11.6 Å². The maximum Gasteiger partial charge on any atom is 0.338 e. The molecule has 0 unspecified atom stereocenters. The van der Waals surface area contributed by atoms with E-state index in [1.54, 1.807) is 0 Å². The number of hydrogen-bond donors (Lipinski definition) is 0. The van der Waals surface area contributed by atoms with Crippen LogP contribution in [-0.4, -0.2) is 11.7 Å². The summed E-state index contributed by atoms with van der Waals surface area (Å²) >= 11 is 0. The van der Waals surface area contributed by atoms with Crippen molar-refractivity contribution in [2.24, 2.45) is 11.1 Å². The summed E-state index contributed by atoms with van der Waals surface area (Å²) in [5.74, 6) is -0.00945. The molecule has 0 aromatic heterocycles. The first-order valence-corrected chi connectivity index (χ1v) is 7.11. The van der Waals surface area contributed by atoms with Gasteiger partial charge < -0.3 is 4.84 Å². The Hall–Kier alpha value is -2.42. The zero-order valence-electron chi connectivity index (χ0n) is 11.9. The van der Waals surface area contributed by atoms with Crippen molar-refractivity contribution in [2.75, 3.05) is 0 Å². The monoisotopic (exact) mass is 279 g/mol. The van der Waals surface area contributed by atoms with Crippen LogP contribution in [0.25, 0.3) is 0 Å². The molecule has 106 valence electrons. The summed E-state index contributed by atoms with van der Waals surface area (Å²) in [4.78, 5) is 17.1. The van der Waals surface area contributed by atoms with E-state index < -0.39 is 0 Å². The Morgan fingerprint density at radius 2 is 1.67 bits per heavy atom. The van der Waals surface area contributed by atoms with Gasteiger partial charge in [-0.15, -0.1) is 0 Å². The number of nitrogens with zero attached hydrogens (tertiary/aromatic N) is 1. The van der Waals surface area contributed by atoms with Crippen LogP contribution in [0.5, 0.6) is 0 Å². The van der Waals surface area contributed by atoms with Gasteiger partial charge in [-0.3, -0.25) is 0 Å². The molecular weight excluding hydrogens is 262 g/mol. The number of carbonyl (C=O) groups excluding carboxylic acids is 1. The van der Waals surface area contributed by atoms with Crippen molar-refractivity contribution in [1.29, 1.82) is 0 Å². The van der Waals surface area contributed by atoms with Gasteiger partial charge >= 0.3 is 5.97 Å². The maximum atomic E-state index is 12.0. The van der Waals surface area contributed by atoms with Crippen molar-refractivity contribution in [3.63, 3.8) is 0 Å². The summed E-state index contributed by atoms with van der Waals surface area (Å²) in [5.41, 5.74) is 2.87. The molecule has 0 bridgehead atoms. The molecule has 2 atom stereocenters. The summed E-state index contributed by atoms with van der Waals surface area (Å²) in [6.45, 7) is 1.84. The van der Waals surface area contributed by atoms with Gasteiger partial charge in [0.25, 0.3) is 0 Å². The topological polar surface area (TPSA) is 38.7 Å². The Morgan fingerprint density at radius 3 is 2.33 bits per heavy atom. The van der Waals surface area contributed by atoms with E-state index in [1.807, 2.05) is 55.5 Å². The number of benzene rings is 2. The third kappa shape index (κ3) is 3.19. The molecule has 0 amide bonds. The average molecular weight is 279 g/mol. The van der Waals surface area contributed by atoms with E-state index in [0.717, 1.165) is 12.0 Å². The molecule has 3 heteroatoms. The third-order valence-electron chi connectivity index (χ3n) is 3.79. The van der Waals surface area contributed by atoms with E-state index in [0.29, 0.717) is 5.71 Å². The summed E-state index contributed by atoms with van der Waals surface area (Å²) in [7, 11) is 0. The molecule has 1 saturated carbocycles. The van der Waals surface area contributed by atoms with Crippen LogP contribution >= 0.6 is 0 Å². The SMILES string of the molecule is C/C(=N\OC(=O)[C@@H]1C[C@@H]1c1ccccc1)c1ccccc1. The van der Waals surface area contributed by atoms with Crippen molar-refractivity contribution in [3.05, 3.63) is 71.8 Å². The van der Waals surface area contributed by atoms with Crippen LogP contribution in [0, 0.1) is 5.92 Å². The fourth-order valence-electron chi connectivity index (χ4n) is 2.44. The van der Waals surface area contributed by atoms with Gasteiger partial charge in [0.15, 0.2) is 0 Å². The Kier molecular flexibility index (Phi) is 3.82. The second kappa shape index (κ2) is 5.92. The van der Waals surface area contributed by atoms with E-state index in [9.17, 15) is 4.79 Å². The van der Waals surface area contributed by atoms with Gasteiger partial charge in [-0.1, -0.05) is 65.8 Å². The Morgan fingerprint density at radius 1 is 1.05 bits per heavy atom. The fourth-order valence-corrected chi connectivity index (χ4v) is 2.44. The van der Waals surface area contributed by atoms with Gasteiger partial charge in [0, 0.05) is 0 Å². The lowest BCUT2D eigenvalue weighted by Gasteiger charge is -2.01. The summed E-state index contributed by atoms with van der Waals surface area (Å²) in [6.07, 6.45) is 0.850. The lowest BCUT2D eigenvalue weighted by atomic mass is 10.1. The normalized spacial score (nSPS) is 20.9. The first kappa shape index (κ1) is 13.6. The van der Waals surface area contributed by atoms with E-state index in [-0.39, 0.29) is 17.8 Å². The molecule has 0 spiro atoms. The van der Waals surface area contributed by atoms with Gasteiger partial charge in [0.2, 0.25) is 0 Å². The van der Waals surface area contributed by atoms with Gasteiger partial charge in [-0.05, 0) is 30.4 Å². The molecule has 21 heavy (non-hydrogen) atoms. The molecular formula is C18H17NO2. The summed E-state index contributed by atoms with van der Waals surface area (Å²) in [6, 6.07) is 19.8. The molecule has 1 fully saturated rings. The highest BCUT2D eigenvalue weighted by molar-refractivity contribution is 5.98. The van der Waals surface area contributed by atoms with Crippen LogP contribution in [0.4, 0.5) is 0 Å². The molecule has 0 saturated heterocycles. The van der Waals surface area contributed by atoms with Crippen LogP contribution in [0.15, 0.2) is 65.8 Å². The molecule has 0 heterocycles. The molecule has 0 N–H and O–H groups in total. The minimum absolute atomic E-state index is 0.0558. The van der Waals surface area contributed by atoms with Crippen molar-refractivity contribution in [2.45, 2.75) is 19.3 Å². The number of oxime groups is 1. The second-order valence-corrected chi connectivity index (χ2v) is 5.31. The highest BCUT2D eigenvalue weighted by Crippen LogP contribution is 2.48. The minimum Gasteiger partial charge on any atom is -0.318 e.